The molecule has 3 nitrogen and oxygen atoms in total. The summed E-state index contributed by atoms with van der Waals surface area (Å²) in [6.45, 7) is 1.76. The molecule has 0 bridgehead atoms. The molecular formula is C7H11NO2. The fourth-order valence-electron chi connectivity index (χ4n) is 0.723. The molecule has 0 aliphatic carbocycles. The molecule has 0 aromatic carbocycles. The van der Waals surface area contributed by atoms with Crippen LogP contribution in [-0.2, 0) is 6.42 Å². The third-order valence-corrected chi connectivity index (χ3v) is 1.31. The normalized spacial score (nSPS) is 13.4. The Morgan fingerprint density at radius 1 is 1.80 bits per heavy atom. The second kappa shape index (κ2) is 3.37. The van der Waals surface area contributed by atoms with E-state index < -0.39 is 0 Å². The predicted molar refractivity (Wildman–Crippen MR) is 36.5 cm³/mol. The van der Waals surface area contributed by atoms with E-state index in [1.165, 1.54) is 6.26 Å². The van der Waals surface area contributed by atoms with Crippen molar-refractivity contribution in [1.82, 2.24) is 5.16 Å². The number of aliphatic hydroxyl groups is 1. The lowest BCUT2D eigenvalue weighted by molar-refractivity contribution is 0.184. The third-order valence-electron chi connectivity index (χ3n) is 1.31. The van der Waals surface area contributed by atoms with Crippen molar-refractivity contribution in [3.63, 3.8) is 0 Å². The maximum absolute atomic E-state index is 8.89. The molecule has 0 unspecified atom stereocenters. The van der Waals surface area contributed by atoms with E-state index >= 15 is 0 Å². The van der Waals surface area contributed by atoms with Crippen LogP contribution in [-0.4, -0.2) is 16.4 Å². The summed E-state index contributed by atoms with van der Waals surface area (Å²) in [7, 11) is 0. The van der Waals surface area contributed by atoms with Crippen LogP contribution in [0.5, 0.6) is 0 Å². The van der Waals surface area contributed by atoms with Gasteiger partial charge in [-0.25, -0.2) is 0 Å². The van der Waals surface area contributed by atoms with Crippen molar-refractivity contribution in [1.29, 1.82) is 0 Å². The lowest BCUT2D eigenvalue weighted by atomic mass is 10.2. The number of nitrogens with zero attached hydrogens (tertiary/aromatic N) is 1. The van der Waals surface area contributed by atoms with Gasteiger partial charge in [-0.15, -0.1) is 0 Å². The van der Waals surface area contributed by atoms with Crippen molar-refractivity contribution >= 4 is 0 Å². The summed E-state index contributed by atoms with van der Waals surface area (Å²) < 4.78 is 4.62. The molecule has 0 amide bonds. The molecule has 0 radical (unpaired) electrons. The molecule has 10 heavy (non-hydrogen) atoms. The molecule has 0 fully saturated rings. The zero-order valence-electron chi connectivity index (χ0n) is 5.95. The van der Waals surface area contributed by atoms with Crippen molar-refractivity contribution in [2.24, 2.45) is 0 Å². The van der Waals surface area contributed by atoms with E-state index in [0.717, 1.165) is 18.5 Å². The van der Waals surface area contributed by atoms with Gasteiger partial charge in [-0.05, 0) is 19.8 Å². The van der Waals surface area contributed by atoms with Gasteiger partial charge in [0.25, 0.3) is 0 Å². The zero-order chi connectivity index (χ0) is 7.40. The number of hydrogen-bond acceptors (Lipinski definition) is 3. The Balaban J connectivity index is 2.28. The molecule has 1 atom stereocenters. The minimum atomic E-state index is -0.253. The van der Waals surface area contributed by atoms with Gasteiger partial charge in [0.2, 0.25) is 0 Å². The number of hydrogen-bond donors (Lipinski definition) is 1. The molecule has 1 N–H and O–H groups in total. The van der Waals surface area contributed by atoms with E-state index in [-0.39, 0.29) is 6.10 Å². The average molecular weight is 141 g/mol. The second-order valence-electron chi connectivity index (χ2n) is 2.38. The standard InChI is InChI=1S/C7H11NO2/c1-6(9)2-3-7-4-5-10-8-7/h4-6,9H,2-3H2,1H3/t6-/m1/s1. The number of rotatable bonds is 3. The highest BCUT2D eigenvalue weighted by atomic mass is 16.5. The fraction of sp³-hybridized carbons (Fsp3) is 0.571. The monoisotopic (exact) mass is 141 g/mol. The zero-order valence-corrected chi connectivity index (χ0v) is 5.95. The van der Waals surface area contributed by atoms with E-state index in [2.05, 4.69) is 9.68 Å². The van der Waals surface area contributed by atoms with Crippen LogP contribution in [0.3, 0.4) is 0 Å². The summed E-state index contributed by atoms with van der Waals surface area (Å²) in [5.74, 6) is 0. The quantitative estimate of drug-likeness (QED) is 0.682. The summed E-state index contributed by atoms with van der Waals surface area (Å²) in [6.07, 6.45) is 2.81. The SMILES string of the molecule is C[C@@H](O)CCc1ccon1. The first-order valence-corrected chi connectivity index (χ1v) is 3.36. The highest BCUT2D eigenvalue weighted by Gasteiger charge is 1.99. The molecule has 56 valence electrons. The highest BCUT2D eigenvalue weighted by Crippen LogP contribution is 2.01. The van der Waals surface area contributed by atoms with Gasteiger partial charge >= 0.3 is 0 Å². The van der Waals surface area contributed by atoms with Crippen LogP contribution in [0.25, 0.3) is 0 Å². The fourth-order valence-corrected chi connectivity index (χ4v) is 0.723. The first-order chi connectivity index (χ1) is 4.79. The molecule has 1 aromatic rings. The molecule has 0 aliphatic heterocycles. The van der Waals surface area contributed by atoms with Gasteiger partial charge in [-0.2, -0.15) is 0 Å². The maximum atomic E-state index is 8.89. The molecule has 1 aromatic heterocycles. The molecule has 0 saturated carbocycles. The predicted octanol–water partition coefficient (Wildman–Crippen LogP) is 0.988. The molecule has 1 rings (SSSR count). The minimum absolute atomic E-state index is 0.253. The lowest BCUT2D eigenvalue weighted by Crippen LogP contribution is -2.01. The Kier molecular flexibility index (Phi) is 2.45. The summed E-state index contributed by atoms with van der Waals surface area (Å²) >= 11 is 0. The first-order valence-electron chi connectivity index (χ1n) is 3.36. The Labute approximate surface area is 59.7 Å². The van der Waals surface area contributed by atoms with E-state index in [0.29, 0.717) is 0 Å². The van der Waals surface area contributed by atoms with Crippen molar-refractivity contribution in [3.8, 4) is 0 Å². The number of aryl methyl sites for hydroxylation is 1. The van der Waals surface area contributed by atoms with Crippen molar-refractivity contribution in [2.45, 2.75) is 25.9 Å². The lowest BCUT2D eigenvalue weighted by Gasteiger charge is -1.98. The summed E-state index contributed by atoms with van der Waals surface area (Å²) in [5.41, 5.74) is 0.904. The van der Waals surface area contributed by atoms with Crippen molar-refractivity contribution < 1.29 is 9.63 Å². The van der Waals surface area contributed by atoms with Gasteiger partial charge in [-0.3, -0.25) is 0 Å². The smallest absolute Gasteiger partial charge is 0.124 e. The van der Waals surface area contributed by atoms with Gasteiger partial charge in [0.1, 0.15) is 6.26 Å². The van der Waals surface area contributed by atoms with Crippen LogP contribution >= 0.6 is 0 Å². The topological polar surface area (TPSA) is 46.3 Å². The largest absolute Gasteiger partial charge is 0.393 e. The van der Waals surface area contributed by atoms with Crippen LogP contribution in [0.2, 0.25) is 0 Å². The Morgan fingerprint density at radius 3 is 3.10 bits per heavy atom. The van der Waals surface area contributed by atoms with Gasteiger partial charge in [0, 0.05) is 6.07 Å². The van der Waals surface area contributed by atoms with E-state index in [1.54, 1.807) is 6.92 Å². The summed E-state index contributed by atoms with van der Waals surface area (Å²) in [6, 6.07) is 1.81. The average Bonchev–Trinajstić information content (AvgIpc) is 2.34. The van der Waals surface area contributed by atoms with E-state index in [1.807, 2.05) is 6.07 Å². The van der Waals surface area contributed by atoms with Gasteiger partial charge < -0.3 is 9.63 Å². The van der Waals surface area contributed by atoms with Gasteiger partial charge in [0.15, 0.2) is 0 Å². The minimum Gasteiger partial charge on any atom is -0.393 e. The van der Waals surface area contributed by atoms with Crippen molar-refractivity contribution in [3.05, 3.63) is 18.0 Å². The molecular weight excluding hydrogens is 130 g/mol. The molecule has 3 heteroatoms. The van der Waals surface area contributed by atoms with E-state index in [9.17, 15) is 0 Å². The second-order valence-corrected chi connectivity index (χ2v) is 2.38. The highest BCUT2D eigenvalue weighted by molar-refractivity contribution is 4.95. The molecule has 0 saturated heterocycles. The maximum Gasteiger partial charge on any atom is 0.124 e. The van der Waals surface area contributed by atoms with Crippen LogP contribution in [0.1, 0.15) is 19.0 Å². The van der Waals surface area contributed by atoms with Crippen LogP contribution in [0.15, 0.2) is 16.9 Å². The van der Waals surface area contributed by atoms with Crippen LogP contribution in [0.4, 0.5) is 0 Å². The van der Waals surface area contributed by atoms with Gasteiger partial charge in [-0.1, -0.05) is 5.16 Å². The van der Waals surface area contributed by atoms with Crippen LogP contribution < -0.4 is 0 Å². The molecule has 0 aliphatic rings. The van der Waals surface area contributed by atoms with E-state index in [4.69, 9.17) is 5.11 Å². The Bertz CT molecular complexity index is 170. The van der Waals surface area contributed by atoms with Crippen molar-refractivity contribution in [2.75, 3.05) is 0 Å². The molecule has 1 heterocycles. The summed E-state index contributed by atoms with van der Waals surface area (Å²) in [5, 5.41) is 12.6. The number of aliphatic hydroxyl groups excluding tert-OH is 1. The Hall–Kier alpha value is -0.830. The van der Waals surface area contributed by atoms with Gasteiger partial charge in [0.05, 0.1) is 11.8 Å². The third kappa shape index (κ3) is 2.19. The first kappa shape index (κ1) is 7.28. The summed E-state index contributed by atoms with van der Waals surface area (Å²) in [4.78, 5) is 0. The molecule has 0 spiro atoms. The van der Waals surface area contributed by atoms with Crippen LogP contribution in [0, 0.1) is 0 Å². The number of aromatic nitrogens is 1. The Morgan fingerprint density at radius 2 is 2.60 bits per heavy atom.